The van der Waals surface area contributed by atoms with Crippen LogP contribution >= 0.6 is 11.6 Å². The van der Waals surface area contributed by atoms with Crippen LogP contribution in [0, 0.1) is 0 Å². The van der Waals surface area contributed by atoms with Gasteiger partial charge in [0.05, 0.1) is 6.54 Å². The van der Waals surface area contributed by atoms with Crippen molar-refractivity contribution in [1.82, 2.24) is 0 Å². The predicted molar refractivity (Wildman–Crippen MR) is 35.0 cm³/mol. The van der Waals surface area contributed by atoms with Gasteiger partial charge in [-0.05, 0) is 0 Å². The first kappa shape index (κ1) is 11.9. The third kappa shape index (κ3) is 27.1. The highest BCUT2D eigenvalue weighted by molar-refractivity contribution is 6.26. The first-order valence-corrected chi connectivity index (χ1v) is 2.77. The minimum Gasteiger partial charge on any atom is -0.480 e. The van der Waals surface area contributed by atoms with Crippen molar-refractivity contribution in [2.45, 2.75) is 0 Å². The number of carbonyl (C=O) groups is 2. The summed E-state index contributed by atoms with van der Waals surface area (Å²) in [5.74, 6) is -2.25. The van der Waals surface area contributed by atoms with Crippen molar-refractivity contribution >= 4 is 23.5 Å². The number of aliphatic carboxylic acids is 2. The van der Waals surface area contributed by atoms with Gasteiger partial charge in [-0.2, -0.15) is 0 Å². The first-order chi connectivity index (χ1) is 4.54. The van der Waals surface area contributed by atoms with Crippen molar-refractivity contribution in [3.05, 3.63) is 0 Å². The van der Waals surface area contributed by atoms with Crippen molar-refractivity contribution < 1.29 is 19.8 Å². The maximum Gasteiger partial charge on any atom is 0.318 e. The maximum absolute atomic E-state index is 9.24. The minimum atomic E-state index is -0.980. The maximum atomic E-state index is 9.24. The lowest BCUT2D eigenvalue weighted by Gasteiger charge is -1.73. The van der Waals surface area contributed by atoms with Gasteiger partial charge in [0.25, 0.3) is 0 Å². The molecule has 6 heteroatoms. The summed E-state index contributed by atoms with van der Waals surface area (Å²) in [6.45, 7) is -0.278. The van der Waals surface area contributed by atoms with Crippen LogP contribution < -0.4 is 5.73 Å². The van der Waals surface area contributed by atoms with E-state index in [4.69, 9.17) is 21.8 Å². The van der Waals surface area contributed by atoms with Crippen LogP contribution in [-0.4, -0.2) is 34.6 Å². The highest BCUT2D eigenvalue weighted by Gasteiger charge is 1.83. The molecular formula is C4H8ClNO4. The smallest absolute Gasteiger partial charge is 0.318 e. The van der Waals surface area contributed by atoms with E-state index < -0.39 is 11.9 Å². The lowest BCUT2D eigenvalue weighted by molar-refractivity contribution is -0.135. The molecule has 0 fully saturated rings. The van der Waals surface area contributed by atoms with Crippen molar-refractivity contribution in [2.75, 3.05) is 12.4 Å². The Balaban J connectivity index is 0. The highest BCUT2D eigenvalue weighted by Crippen LogP contribution is 1.67. The summed E-state index contributed by atoms with van der Waals surface area (Å²) in [6.07, 6.45) is 0. The van der Waals surface area contributed by atoms with Gasteiger partial charge < -0.3 is 15.9 Å². The Morgan fingerprint density at radius 3 is 1.50 bits per heavy atom. The summed E-state index contributed by atoms with van der Waals surface area (Å²) < 4.78 is 0. The first-order valence-electron chi connectivity index (χ1n) is 2.24. The lowest BCUT2D eigenvalue weighted by atomic mass is 10.7. The number of carboxylic acid groups (broad SMARTS) is 2. The van der Waals surface area contributed by atoms with E-state index >= 15 is 0 Å². The highest BCUT2D eigenvalue weighted by atomic mass is 35.5. The van der Waals surface area contributed by atoms with Gasteiger partial charge in [0.1, 0.15) is 5.88 Å². The fraction of sp³-hybridized carbons (Fsp3) is 0.500. The molecule has 0 spiro atoms. The summed E-state index contributed by atoms with van der Waals surface area (Å²) in [6, 6.07) is 0. The second kappa shape index (κ2) is 8.19. The van der Waals surface area contributed by atoms with Gasteiger partial charge in [0, 0.05) is 0 Å². The molecule has 0 heterocycles. The molecule has 0 bridgehead atoms. The standard InChI is InChI=1S/C2H3ClO2.C2H5NO2/c2*3-1-2(4)5/h1H2,(H,4,5);1,3H2,(H,4,5). The van der Waals surface area contributed by atoms with Crippen LogP contribution in [0.1, 0.15) is 0 Å². The molecule has 0 aromatic rings. The molecule has 0 unspecified atom stereocenters. The average Bonchev–Trinajstić information content (AvgIpc) is 1.89. The molecule has 0 aromatic carbocycles. The van der Waals surface area contributed by atoms with Gasteiger partial charge >= 0.3 is 11.9 Å². The molecule has 4 N–H and O–H groups in total. The number of alkyl halides is 1. The second-order valence-corrected chi connectivity index (χ2v) is 1.39. The second-order valence-electron chi connectivity index (χ2n) is 1.13. The molecule has 5 nitrogen and oxygen atoms in total. The molecule has 0 saturated carbocycles. The Morgan fingerprint density at radius 1 is 1.30 bits per heavy atom. The Bertz CT molecular complexity index is 102. The Kier molecular flexibility index (Phi) is 9.77. The van der Waals surface area contributed by atoms with Gasteiger partial charge in [-0.1, -0.05) is 0 Å². The van der Waals surface area contributed by atoms with E-state index in [9.17, 15) is 9.59 Å². The summed E-state index contributed by atoms with van der Waals surface area (Å²) >= 11 is 4.74. The Morgan fingerprint density at radius 2 is 1.50 bits per heavy atom. The molecule has 0 aromatic heterocycles. The van der Waals surface area contributed by atoms with E-state index in [1.165, 1.54) is 0 Å². The van der Waals surface area contributed by atoms with Gasteiger partial charge in [-0.25, -0.2) is 0 Å². The molecule has 0 aliphatic carbocycles. The molecule has 0 radical (unpaired) electrons. The minimum absolute atomic E-state index is 0.278. The fourth-order valence-corrected chi connectivity index (χ4v) is 0. The zero-order valence-electron chi connectivity index (χ0n) is 5.08. The summed E-state index contributed by atoms with van der Waals surface area (Å²) in [5.41, 5.74) is 4.57. The van der Waals surface area contributed by atoms with Gasteiger partial charge in [0.2, 0.25) is 0 Å². The molecule has 0 saturated heterocycles. The van der Waals surface area contributed by atoms with E-state index in [1.54, 1.807) is 0 Å². The zero-order chi connectivity index (χ0) is 8.57. The summed E-state index contributed by atoms with van der Waals surface area (Å²) in [4.78, 5) is 18.5. The van der Waals surface area contributed by atoms with E-state index in [0.717, 1.165) is 0 Å². The van der Waals surface area contributed by atoms with E-state index in [-0.39, 0.29) is 12.4 Å². The van der Waals surface area contributed by atoms with E-state index in [1.807, 2.05) is 0 Å². The molecular weight excluding hydrogens is 162 g/mol. The number of carboxylic acids is 2. The summed E-state index contributed by atoms with van der Waals surface area (Å²) in [7, 11) is 0. The molecule has 10 heavy (non-hydrogen) atoms. The largest absolute Gasteiger partial charge is 0.480 e. The molecule has 0 aliphatic rings. The van der Waals surface area contributed by atoms with E-state index in [0.29, 0.717) is 0 Å². The lowest BCUT2D eigenvalue weighted by Crippen LogP contribution is -2.10. The number of hydrogen-bond donors (Lipinski definition) is 3. The molecule has 60 valence electrons. The van der Waals surface area contributed by atoms with Gasteiger partial charge in [-0.15, -0.1) is 11.6 Å². The third-order valence-electron chi connectivity index (χ3n) is 0.289. The van der Waals surface area contributed by atoms with Crippen molar-refractivity contribution in [3.63, 3.8) is 0 Å². The number of halogens is 1. The van der Waals surface area contributed by atoms with Crippen molar-refractivity contribution in [2.24, 2.45) is 5.73 Å². The van der Waals surface area contributed by atoms with Crippen LogP contribution in [0.5, 0.6) is 0 Å². The average molecular weight is 170 g/mol. The van der Waals surface area contributed by atoms with Crippen molar-refractivity contribution in [1.29, 1.82) is 0 Å². The number of nitrogens with two attached hydrogens (primary N) is 1. The topological polar surface area (TPSA) is 101 Å². The normalized spacial score (nSPS) is 7.40. The number of hydrogen-bond acceptors (Lipinski definition) is 3. The van der Waals surface area contributed by atoms with Gasteiger partial charge in [0.15, 0.2) is 0 Å². The van der Waals surface area contributed by atoms with Crippen LogP contribution in [0.2, 0.25) is 0 Å². The molecule has 0 atom stereocenters. The van der Waals surface area contributed by atoms with E-state index in [2.05, 4.69) is 5.73 Å². The zero-order valence-corrected chi connectivity index (χ0v) is 5.84. The quantitative estimate of drug-likeness (QED) is 0.477. The molecule has 0 aliphatic heterocycles. The summed E-state index contributed by atoms with van der Waals surface area (Å²) in [5, 5.41) is 15.2. The number of rotatable bonds is 2. The molecule has 0 amide bonds. The van der Waals surface area contributed by atoms with Crippen LogP contribution in [0.25, 0.3) is 0 Å². The monoisotopic (exact) mass is 169 g/mol. The SMILES string of the molecule is NCC(=O)O.O=C(O)CCl. The van der Waals surface area contributed by atoms with Crippen LogP contribution in [0.3, 0.4) is 0 Å². The Hall–Kier alpha value is -0.810. The van der Waals surface area contributed by atoms with Gasteiger partial charge in [-0.3, -0.25) is 9.59 Å². The Labute approximate surface area is 62.4 Å². The predicted octanol–water partition coefficient (Wildman–Crippen LogP) is -0.660. The van der Waals surface area contributed by atoms with Crippen LogP contribution in [0.15, 0.2) is 0 Å². The fourth-order valence-electron chi connectivity index (χ4n) is 0. The van der Waals surface area contributed by atoms with Crippen LogP contribution in [-0.2, 0) is 9.59 Å². The molecule has 0 rings (SSSR count). The van der Waals surface area contributed by atoms with Crippen molar-refractivity contribution in [3.8, 4) is 0 Å². The van der Waals surface area contributed by atoms with Crippen LogP contribution in [0.4, 0.5) is 0 Å². The third-order valence-corrected chi connectivity index (χ3v) is 0.518.